The number of morpholine rings is 1. The molecular weight excluding hydrogens is 280 g/mol. The van der Waals surface area contributed by atoms with Crippen LogP contribution in [-0.4, -0.2) is 49.3 Å². The molecule has 0 bridgehead atoms. The molecule has 0 unspecified atom stereocenters. The van der Waals surface area contributed by atoms with Gasteiger partial charge in [-0.1, -0.05) is 18.2 Å². The van der Waals surface area contributed by atoms with E-state index < -0.39 is 0 Å². The van der Waals surface area contributed by atoms with Gasteiger partial charge in [0.2, 0.25) is 5.91 Å². The van der Waals surface area contributed by atoms with Gasteiger partial charge in [0.05, 0.1) is 19.8 Å². The molecule has 122 valence electrons. The highest BCUT2D eigenvalue weighted by molar-refractivity contribution is 5.78. The van der Waals surface area contributed by atoms with E-state index in [4.69, 9.17) is 9.47 Å². The second kappa shape index (κ2) is 7.61. The fourth-order valence-corrected chi connectivity index (χ4v) is 2.29. The van der Waals surface area contributed by atoms with Crippen molar-refractivity contribution in [1.29, 1.82) is 0 Å². The predicted molar refractivity (Wildman–Crippen MR) is 85.9 cm³/mol. The average molecular weight is 306 g/mol. The van der Waals surface area contributed by atoms with E-state index in [9.17, 15) is 4.79 Å². The summed E-state index contributed by atoms with van der Waals surface area (Å²) in [6.45, 7) is 9.99. The molecule has 1 fully saturated rings. The zero-order valence-corrected chi connectivity index (χ0v) is 13.7. The summed E-state index contributed by atoms with van der Waals surface area (Å²) in [6.07, 6.45) is 0. The molecule has 0 saturated carbocycles. The molecule has 0 aliphatic carbocycles. The largest absolute Gasteiger partial charge is 0.488 e. The highest BCUT2D eigenvalue weighted by atomic mass is 16.5. The Morgan fingerprint density at radius 2 is 1.95 bits per heavy atom. The second-order valence-corrected chi connectivity index (χ2v) is 6.49. The number of ether oxygens (including phenoxy) is 2. The van der Waals surface area contributed by atoms with Gasteiger partial charge in [-0.15, -0.1) is 0 Å². The Balaban J connectivity index is 1.86. The molecule has 1 amide bonds. The van der Waals surface area contributed by atoms with Crippen LogP contribution in [-0.2, 0) is 16.1 Å². The van der Waals surface area contributed by atoms with E-state index in [1.165, 1.54) is 0 Å². The predicted octanol–water partition coefficient (Wildman–Crippen LogP) is 1.81. The number of carbonyl (C=O) groups is 1. The third-order valence-corrected chi connectivity index (χ3v) is 3.34. The number of hydrogen-bond donors (Lipinski definition) is 1. The van der Waals surface area contributed by atoms with E-state index >= 15 is 0 Å². The molecule has 1 aliphatic heterocycles. The molecule has 0 atom stereocenters. The molecule has 1 saturated heterocycles. The van der Waals surface area contributed by atoms with E-state index in [-0.39, 0.29) is 11.5 Å². The van der Waals surface area contributed by atoms with E-state index in [1.807, 2.05) is 45.0 Å². The van der Waals surface area contributed by atoms with Crippen molar-refractivity contribution in [3.05, 3.63) is 29.8 Å². The van der Waals surface area contributed by atoms with Crippen molar-refractivity contribution in [2.45, 2.75) is 32.9 Å². The van der Waals surface area contributed by atoms with Crippen molar-refractivity contribution in [3.63, 3.8) is 0 Å². The lowest BCUT2D eigenvalue weighted by molar-refractivity contribution is -0.123. The van der Waals surface area contributed by atoms with Crippen LogP contribution >= 0.6 is 0 Å². The number of nitrogens with one attached hydrogen (secondary N) is 1. The third kappa shape index (κ3) is 5.66. The zero-order chi connectivity index (χ0) is 16.0. The fraction of sp³-hybridized carbons (Fsp3) is 0.588. The summed E-state index contributed by atoms with van der Waals surface area (Å²) in [5.41, 5.74) is 0.737. The van der Waals surface area contributed by atoms with Crippen LogP contribution in [0.1, 0.15) is 26.3 Å². The molecule has 22 heavy (non-hydrogen) atoms. The minimum Gasteiger partial charge on any atom is -0.488 e. The van der Waals surface area contributed by atoms with Crippen LogP contribution in [0.5, 0.6) is 5.75 Å². The summed E-state index contributed by atoms with van der Waals surface area (Å²) >= 11 is 0. The lowest BCUT2D eigenvalue weighted by Gasteiger charge is -2.26. The maximum Gasteiger partial charge on any atom is 0.234 e. The van der Waals surface area contributed by atoms with Crippen molar-refractivity contribution in [1.82, 2.24) is 10.2 Å². The van der Waals surface area contributed by atoms with Gasteiger partial charge >= 0.3 is 0 Å². The van der Waals surface area contributed by atoms with Crippen LogP contribution < -0.4 is 10.1 Å². The normalized spacial score (nSPS) is 16.3. The Labute approximate surface area is 132 Å². The molecule has 5 heteroatoms. The monoisotopic (exact) mass is 306 g/mol. The fourth-order valence-electron chi connectivity index (χ4n) is 2.29. The van der Waals surface area contributed by atoms with Gasteiger partial charge in [0.25, 0.3) is 0 Å². The topological polar surface area (TPSA) is 50.8 Å². The van der Waals surface area contributed by atoms with Gasteiger partial charge in [-0.05, 0) is 26.8 Å². The summed E-state index contributed by atoms with van der Waals surface area (Å²) in [5, 5.41) is 2.97. The number of nitrogens with zero attached hydrogens (tertiary/aromatic N) is 1. The summed E-state index contributed by atoms with van der Waals surface area (Å²) in [4.78, 5) is 14.2. The first-order valence-corrected chi connectivity index (χ1v) is 7.78. The molecule has 1 aromatic rings. The van der Waals surface area contributed by atoms with Crippen molar-refractivity contribution in [2.75, 3.05) is 32.8 Å². The standard InChI is InChI=1S/C17H26N2O3/c1-17(2,3)22-15-7-5-4-6-14(15)12-18-16(20)13-19-8-10-21-11-9-19/h4-7H,8-13H2,1-3H3,(H,18,20). The zero-order valence-electron chi connectivity index (χ0n) is 13.7. The van der Waals surface area contributed by atoms with E-state index in [0.29, 0.717) is 26.3 Å². The number of carbonyl (C=O) groups excluding carboxylic acids is 1. The van der Waals surface area contributed by atoms with Gasteiger partial charge in [0.1, 0.15) is 11.4 Å². The quantitative estimate of drug-likeness (QED) is 0.901. The van der Waals surface area contributed by atoms with Crippen LogP contribution in [0.15, 0.2) is 24.3 Å². The number of rotatable bonds is 5. The maximum atomic E-state index is 12.0. The molecule has 0 radical (unpaired) electrons. The van der Waals surface area contributed by atoms with E-state index in [0.717, 1.165) is 24.4 Å². The Morgan fingerprint density at radius 3 is 2.64 bits per heavy atom. The minimum absolute atomic E-state index is 0.0347. The van der Waals surface area contributed by atoms with Crippen LogP contribution in [0, 0.1) is 0 Å². The third-order valence-electron chi connectivity index (χ3n) is 3.34. The highest BCUT2D eigenvalue weighted by Crippen LogP contribution is 2.22. The number of amides is 1. The summed E-state index contributed by atoms with van der Waals surface area (Å²) in [6, 6.07) is 7.82. The Hall–Kier alpha value is -1.59. The second-order valence-electron chi connectivity index (χ2n) is 6.49. The minimum atomic E-state index is -0.256. The van der Waals surface area contributed by atoms with Gasteiger partial charge in [0.15, 0.2) is 0 Å². The summed E-state index contributed by atoms with van der Waals surface area (Å²) < 4.78 is 11.2. The number of hydrogen-bond acceptors (Lipinski definition) is 4. The Bertz CT molecular complexity index is 491. The van der Waals surface area contributed by atoms with Crippen LogP contribution in [0.25, 0.3) is 0 Å². The number of para-hydroxylation sites is 1. The first-order valence-electron chi connectivity index (χ1n) is 7.78. The lowest BCUT2D eigenvalue weighted by atomic mass is 10.1. The Morgan fingerprint density at radius 1 is 1.27 bits per heavy atom. The van der Waals surface area contributed by atoms with Crippen molar-refractivity contribution < 1.29 is 14.3 Å². The van der Waals surface area contributed by atoms with Crippen LogP contribution in [0.4, 0.5) is 0 Å². The summed E-state index contributed by atoms with van der Waals surface area (Å²) in [5.74, 6) is 0.856. The van der Waals surface area contributed by atoms with Crippen LogP contribution in [0.3, 0.4) is 0 Å². The molecule has 1 N–H and O–H groups in total. The van der Waals surface area contributed by atoms with Gasteiger partial charge in [-0.3, -0.25) is 9.69 Å². The van der Waals surface area contributed by atoms with E-state index in [2.05, 4.69) is 10.2 Å². The van der Waals surface area contributed by atoms with Gasteiger partial charge in [-0.2, -0.15) is 0 Å². The van der Waals surface area contributed by atoms with Gasteiger partial charge in [-0.25, -0.2) is 0 Å². The molecule has 1 aromatic carbocycles. The van der Waals surface area contributed by atoms with Crippen LogP contribution in [0.2, 0.25) is 0 Å². The first-order chi connectivity index (χ1) is 10.4. The lowest BCUT2D eigenvalue weighted by Crippen LogP contribution is -2.43. The molecule has 5 nitrogen and oxygen atoms in total. The Kier molecular flexibility index (Phi) is 5.80. The molecular formula is C17H26N2O3. The van der Waals surface area contributed by atoms with Gasteiger partial charge < -0.3 is 14.8 Å². The van der Waals surface area contributed by atoms with Gasteiger partial charge in [0, 0.05) is 25.2 Å². The molecule has 0 spiro atoms. The highest BCUT2D eigenvalue weighted by Gasteiger charge is 2.16. The average Bonchev–Trinajstić information content (AvgIpc) is 2.46. The molecule has 1 heterocycles. The maximum absolute atomic E-state index is 12.0. The first kappa shape index (κ1) is 16.8. The van der Waals surface area contributed by atoms with Crippen molar-refractivity contribution in [3.8, 4) is 5.75 Å². The molecule has 1 aliphatic rings. The van der Waals surface area contributed by atoms with Crippen molar-refractivity contribution in [2.24, 2.45) is 0 Å². The SMILES string of the molecule is CC(C)(C)Oc1ccccc1CNC(=O)CN1CCOCC1. The molecule has 0 aromatic heterocycles. The molecule has 2 rings (SSSR count). The van der Waals surface area contributed by atoms with Crippen molar-refractivity contribution >= 4 is 5.91 Å². The smallest absolute Gasteiger partial charge is 0.234 e. The summed E-state index contributed by atoms with van der Waals surface area (Å²) in [7, 11) is 0. The van der Waals surface area contributed by atoms with E-state index in [1.54, 1.807) is 0 Å². The number of benzene rings is 1.